The summed E-state index contributed by atoms with van der Waals surface area (Å²) in [5, 5.41) is 14.2. The Kier molecular flexibility index (Phi) is 7.51. The van der Waals surface area contributed by atoms with Crippen LogP contribution in [0.2, 0.25) is 0 Å². The number of esters is 1. The number of anilines is 1. The van der Waals surface area contributed by atoms with Crippen LogP contribution in [0.15, 0.2) is 78.0 Å². The van der Waals surface area contributed by atoms with Crippen molar-refractivity contribution in [3.8, 4) is 22.5 Å². The topological polar surface area (TPSA) is 99.0 Å². The summed E-state index contributed by atoms with van der Waals surface area (Å²) in [6.45, 7) is 4.29. The third-order valence-electron chi connectivity index (χ3n) is 4.80. The largest absolute Gasteiger partial charge is 0.465 e. The molecule has 0 aliphatic rings. The van der Waals surface area contributed by atoms with Crippen molar-refractivity contribution in [2.24, 2.45) is 0 Å². The van der Waals surface area contributed by atoms with Crippen molar-refractivity contribution in [1.82, 2.24) is 19.7 Å². The number of methoxy groups -OCH3 is 1. The maximum atomic E-state index is 12.8. The Bertz CT molecular complexity index is 1300. The van der Waals surface area contributed by atoms with Crippen molar-refractivity contribution >= 4 is 40.0 Å². The van der Waals surface area contributed by atoms with Gasteiger partial charge in [-0.05, 0) is 17.7 Å². The number of amides is 1. The molecular weight excluding hydrogens is 470 g/mol. The smallest absolute Gasteiger partial charge is 0.341 e. The van der Waals surface area contributed by atoms with Crippen molar-refractivity contribution in [1.29, 1.82) is 0 Å². The van der Waals surface area contributed by atoms with E-state index in [-0.39, 0.29) is 11.7 Å². The summed E-state index contributed by atoms with van der Waals surface area (Å²) in [5.74, 6) is -0.0427. The fourth-order valence-corrected chi connectivity index (χ4v) is 5.00. The van der Waals surface area contributed by atoms with Gasteiger partial charge in [-0.1, -0.05) is 48.2 Å². The van der Waals surface area contributed by atoms with Gasteiger partial charge in [0.1, 0.15) is 10.6 Å². The second-order valence-electron chi connectivity index (χ2n) is 7.00. The summed E-state index contributed by atoms with van der Waals surface area (Å²) in [7, 11) is 1.32. The Balaban J connectivity index is 1.51. The van der Waals surface area contributed by atoms with E-state index in [4.69, 9.17) is 4.74 Å². The molecule has 0 saturated heterocycles. The molecule has 10 heteroatoms. The third-order valence-corrected chi connectivity index (χ3v) is 6.66. The van der Waals surface area contributed by atoms with Gasteiger partial charge in [-0.15, -0.1) is 28.1 Å². The summed E-state index contributed by atoms with van der Waals surface area (Å²) >= 11 is 2.53. The zero-order valence-corrected chi connectivity index (χ0v) is 19.9. The number of thioether (sulfide) groups is 1. The highest BCUT2D eigenvalue weighted by molar-refractivity contribution is 7.99. The molecule has 0 fully saturated rings. The number of hydrogen-bond donors (Lipinski definition) is 1. The van der Waals surface area contributed by atoms with Gasteiger partial charge < -0.3 is 10.1 Å². The highest BCUT2D eigenvalue weighted by atomic mass is 32.2. The lowest BCUT2D eigenvalue weighted by Gasteiger charge is -2.09. The van der Waals surface area contributed by atoms with Gasteiger partial charge in [0.15, 0.2) is 11.0 Å². The van der Waals surface area contributed by atoms with E-state index in [1.807, 2.05) is 52.4 Å². The van der Waals surface area contributed by atoms with Crippen LogP contribution < -0.4 is 5.32 Å². The van der Waals surface area contributed by atoms with E-state index >= 15 is 0 Å². The average Bonchev–Trinajstić information content (AvgIpc) is 3.48. The average molecular weight is 492 g/mol. The number of nitrogens with zero attached hydrogens (tertiary/aromatic N) is 4. The van der Waals surface area contributed by atoms with Crippen molar-refractivity contribution in [3.05, 3.63) is 78.5 Å². The molecule has 0 spiro atoms. The van der Waals surface area contributed by atoms with Crippen LogP contribution in [0, 0.1) is 0 Å². The van der Waals surface area contributed by atoms with Crippen LogP contribution in [-0.2, 0) is 16.1 Å². The summed E-state index contributed by atoms with van der Waals surface area (Å²) in [4.78, 5) is 29.4. The Hall–Kier alpha value is -3.76. The Labute approximate surface area is 204 Å². The van der Waals surface area contributed by atoms with Gasteiger partial charge in [-0.2, -0.15) is 0 Å². The third kappa shape index (κ3) is 5.08. The van der Waals surface area contributed by atoms with E-state index in [9.17, 15) is 9.59 Å². The maximum Gasteiger partial charge on any atom is 0.341 e. The monoisotopic (exact) mass is 491 g/mol. The van der Waals surface area contributed by atoms with Crippen molar-refractivity contribution < 1.29 is 14.3 Å². The minimum atomic E-state index is -0.505. The molecule has 3 aromatic heterocycles. The molecule has 1 N–H and O–H groups in total. The van der Waals surface area contributed by atoms with Crippen LogP contribution in [0.1, 0.15) is 10.4 Å². The maximum absolute atomic E-state index is 12.8. The normalized spacial score (nSPS) is 10.6. The first kappa shape index (κ1) is 23.4. The number of carbonyl (C=O) groups excluding carboxylic acids is 2. The molecule has 0 saturated carbocycles. The van der Waals surface area contributed by atoms with Crippen LogP contribution in [0.3, 0.4) is 0 Å². The number of hydrogen-bond acceptors (Lipinski definition) is 8. The Morgan fingerprint density at radius 1 is 1.18 bits per heavy atom. The van der Waals surface area contributed by atoms with E-state index in [1.165, 1.54) is 30.2 Å². The van der Waals surface area contributed by atoms with Crippen molar-refractivity contribution in [3.63, 3.8) is 0 Å². The number of allylic oxidation sites excluding steroid dienone is 1. The number of aromatic nitrogens is 4. The van der Waals surface area contributed by atoms with Crippen LogP contribution >= 0.6 is 23.1 Å². The van der Waals surface area contributed by atoms with Crippen molar-refractivity contribution in [2.45, 2.75) is 11.7 Å². The number of pyridine rings is 1. The van der Waals surface area contributed by atoms with E-state index in [0.717, 1.165) is 11.1 Å². The predicted molar refractivity (Wildman–Crippen MR) is 134 cm³/mol. The van der Waals surface area contributed by atoms with E-state index in [0.29, 0.717) is 33.7 Å². The molecule has 0 aliphatic heterocycles. The first-order chi connectivity index (χ1) is 16.6. The van der Waals surface area contributed by atoms with Gasteiger partial charge in [0.2, 0.25) is 5.91 Å². The van der Waals surface area contributed by atoms with Gasteiger partial charge in [-0.25, -0.2) is 4.79 Å². The highest BCUT2D eigenvalue weighted by Gasteiger charge is 2.23. The number of thiophene rings is 1. The van der Waals surface area contributed by atoms with Gasteiger partial charge in [0.05, 0.1) is 12.9 Å². The van der Waals surface area contributed by atoms with Crippen molar-refractivity contribution in [2.75, 3.05) is 18.2 Å². The fourth-order valence-electron chi connectivity index (χ4n) is 3.28. The second kappa shape index (κ2) is 10.9. The van der Waals surface area contributed by atoms with Crippen LogP contribution in [-0.4, -0.2) is 44.5 Å². The first-order valence-corrected chi connectivity index (χ1v) is 12.1. The molecule has 4 rings (SSSR count). The number of nitrogens with one attached hydrogen (secondary N) is 1. The molecule has 4 aromatic rings. The second-order valence-corrected chi connectivity index (χ2v) is 8.82. The van der Waals surface area contributed by atoms with Crippen LogP contribution in [0.4, 0.5) is 5.00 Å². The zero-order chi connectivity index (χ0) is 23.9. The minimum Gasteiger partial charge on any atom is -0.465 e. The van der Waals surface area contributed by atoms with Gasteiger partial charge >= 0.3 is 5.97 Å². The molecule has 0 bridgehead atoms. The molecule has 1 aromatic carbocycles. The Morgan fingerprint density at radius 3 is 2.68 bits per heavy atom. The number of rotatable bonds is 9. The molecule has 0 radical (unpaired) electrons. The lowest BCUT2D eigenvalue weighted by molar-refractivity contribution is -0.113. The van der Waals surface area contributed by atoms with Gasteiger partial charge in [0, 0.05) is 35.4 Å². The molecule has 0 unspecified atom stereocenters. The molecule has 1 amide bonds. The van der Waals surface area contributed by atoms with E-state index in [1.54, 1.807) is 18.5 Å². The Morgan fingerprint density at radius 2 is 1.97 bits per heavy atom. The summed E-state index contributed by atoms with van der Waals surface area (Å²) in [6.07, 6.45) is 5.14. The van der Waals surface area contributed by atoms with Crippen LogP contribution in [0.5, 0.6) is 0 Å². The lowest BCUT2D eigenvalue weighted by Crippen LogP contribution is -2.16. The molecule has 0 atom stereocenters. The summed E-state index contributed by atoms with van der Waals surface area (Å²) in [6, 6.07) is 13.2. The SMILES string of the molecule is C=CCn1c(SCC(=O)Nc2scc(-c3ccccc3)c2C(=O)OC)nnc1-c1cccnc1. The molecular formula is C24H21N5O3S2. The highest BCUT2D eigenvalue weighted by Crippen LogP contribution is 2.36. The quantitative estimate of drug-likeness (QED) is 0.204. The standard InChI is InChI=1S/C24H21N5O3S2/c1-3-12-29-21(17-10-7-11-25-13-17)27-28-24(29)34-15-19(30)26-22-20(23(31)32-2)18(14-33-22)16-8-5-4-6-9-16/h3-11,13-14H,1,12,15H2,2H3,(H,26,30). The first-order valence-electron chi connectivity index (χ1n) is 10.2. The van der Waals surface area contributed by atoms with E-state index < -0.39 is 5.97 Å². The van der Waals surface area contributed by atoms with Gasteiger partial charge in [0.25, 0.3) is 0 Å². The molecule has 8 nitrogen and oxygen atoms in total. The van der Waals surface area contributed by atoms with Crippen LogP contribution in [0.25, 0.3) is 22.5 Å². The predicted octanol–water partition coefficient (Wildman–Crippen LogP) is 4.77. The number of carbonyl (C=O) groups is 2. The minimum absolute atomic E-state index is 0.0848. The fraction of sp³-hybridized carbons (Fsp3) is 0.125. The molecule has 34 heavy (non-hydrogen) atoms. The summed E-state index contributed by atoms with van der Waals surface area (Å²) in [5.41, 5.74) is 2.75. The van der Waals surface area contributed by atoms with Gasteiger partial charge in [-0.3, -0.25) is 14.3 Å². The number of benzene rings is 1. The number of ether oxygens (including phenoxy) is 1. The molecule has 3 heterocycles. The molecule has 0 aliphatic carbocycles. The van der Waals surface area contributed by atoms with E-state index in [2.05, 4.69) is 27.1 Å². The lowest BCUT2D eigenvalue weighted by atomic mass is 10.0. The summed E-state index contributed by atoms with van der Waals surface area (Å²) < 4.78 is 6.85. The molecule has 172 valence electrons. The zero-order valence-electron chi connectivity index (χ0n) is 18.3.